The summed E-state index contributed by atoms with van der Waals surface area (Å²) in [6.07, 6.45) is 1.48. The van der Waals surface area contributed by atoms with Crippen LogP contribution in [0, 0.1) is 0 Å². The van der Waals surface area contributed by atoms with Crippen molar-refractivity contribution in [2.75, 3.05) is 24.8 Å². The first-order valence-electron chi connectivity index (χ1n) is 12.3. The summed E-state index contributed by atoms with van der Waals surface area (Å²) in [6, 6.07) is 12.1. The summed E-state index contributed by atoms with van der Waals surface area (Å²) in [6.45, 7) is 6.11. The summed E-state index contributed by atoms with van der Waals surface area (Å²) in [4.78, 5) is 32.4. The molecule has 0 saturated heterocycles. The van der Waals surface area contributed by atoms with E-state index in [1.807, 2.05) is 57.0 Å². The zero-order chi connectivity index (χ0) is 26.4. The van der Waals surface area contributed by atoms with Crippen LogP contribution in [0.1, 0.15) is 75.7 Å². The molecule has 3 unspecified atom stereocenters. The quantitative estimate of drug-likeness (QED) is 0.470. The van der Waals surface area contributed by atoms with Gasteiger partial charge in [-0.1, -0.05) is 38.1 Å². The zero-order valence-corrected chi connectivity index (χ0v) is 21.4. The Bertz CT molecular complexity index is 1500. The second-order valence-electron chi connectivity index (χ2n) is 10.4. The molecule has 9 heteroatoms. The van der Waals surface area contributed by atoms with Gasteiger partial charge in [-0.05, 0) is 36.6 Å². The van der Waals surface area contributed by atoms with Crippen molar-refractivity contribution in [1.29, 1.82) is 0 Å². The lowest BCUT2D eigenvalue weighted by Crippen LogP contribution is -2.60. The average molecular weight is 500 g/mol. The van der Waals surface area contributed by atoms with Gasteiger partial charge >= 0.3 is 0 Å². The highest BCUT2D eigenvalue weighted by atomic mass is 16.6. The van der Waals surface area contributed by atoms with Crippen LogP contribution in [0.3, 0.4) is 0 Å². The Morgan fingerprint density at radius 1 is 1.19 bits per heavy atom. The number of carbonyl (C=O) groups is 2. The normalized spacial score (nSPS) is 25.5. The van der Waals surface area contributed by atoms with Gasteiger partial charge in [-0.2, -0.15) is 0 Å². The predicted molar refractivity (Wildman–Crippen MR) is 138 cm³/mol. The summed E-state index contributed by atoms with van der Waals surface area (Å²) in [7, 11) is 3.85. The number of Topliss-reactive ketones (excluding diaryl/α,β-unsaturated/α-hetero) is 1. The van der Waals surface area contributed by atoms with Gasteiger partial charge in [-0.3, -0.25) is 14.6 Å². The fourth-order valence-electron chi connectivity index (χ4n) is 5.78. The van der Waals surface area contributed by atoms with Gasteiger partial charge in [0.1, 0.15) is 11.6 Å². The number of benzene rings is 2. The maximum atomic E-state index is 14.1. The van der Waals surface area contributed by atoms with Crippen LogP contribution in [0.5, 0.6) is 5.75 Å². The topological polar surface area (TPSA) is 121 Å². The molecule has 1 aliphatic carbocycles. The number of nitrogens with two attached hydrogens (primary N) is 1. The number of hydrazine groups is 1. The van der Waals surface area contributed by atoms with Crippen LogP contribution in [-0.2, 0) is 11.3 Å². The Morgan fingerprint density at radius 3 is 2.68 bits per heavy atom. The van der Waals surface area contributed by atoms with Crippen molar-refractivity contribution >= 4 is 23.2 Å². The van der Waals surface area contributed by atoms with E-state index in [0.29, 0.717) is 11.3 Å². The van der Waals surface area contributed by atoms with Crippen LogP contribution in [0.25, 0.3) is 0 Å². The third-order valence-electron chi connectivity index (χ3n) is 8.12. The van der Waals surface area contributed by atoms with Crippen LogP contribution in [0.15, 0.2) is 48.7 Å². The standard InChI is InChI=1S/C28H29N5O4/c1-14(2)16-9-10-19-22(12-16)37-28(36)20-7-6-8-21(29)23(20)24(34)27(19,28)31-26(35)17-11-18-15(3)32(4)33(5)25(18)30-13-17/h6-15,36H,29H2,1-5H3,(H,31,35). The number of pyridine rings is 1. The molecular weight excluding hydrogens is 470 g/mol. The number of rotatable bonds is 3. The van der Waals surface area contributed by atoms with E-state index in [2.05, 4.69) is 10.3 Å². The minimum absolute atomic E-state index is 0.0116. The molecule has 0 saturated carbocycles. The number of aliphatic hydroxyl groups is 1. The number of ketones is 1. The number of ether oxygens (including phenoxy) is 1. The van der Waals surface area contributed by atoms with E-state index >= 15 is 0 Å². The first kappa shape index (κ1) is 23.4. The molecule has 2 aliphatic heterocycles. The fourth-order valence-corrected chi connectivity index (χ4v) is 5.78. The summed E-state index contributed by atoms with van der Waals surface area (Å²) in [5.74, 6) is -1.94. The van der Waals surface area contributed by atoms with Crippen LogP contribution < -0.4 is 20.8 Å². The third-order valence-corrected chi connectivity index (χ3v) is 8.12. The van der Waals surface area contributed by atoms with Gasteiger partial charge in [0.25, 0.3) is 11.7 Å². The van der Waals surface area contributed by atoms with Gasteiger partial charge in [0.15, 0.2) is 0 Å². The molecule has 0 fully saturated rings. The molecule has 3 aliphatic rings. The SMILES string of the molecule is CC(C)c1ccc2c(c1)OC1(O)c3cccc(N)c3C(=O)C21NC(=O)c1cnc2c(c1)C(C)N(C)N2C. The van der Waals surface area contributed by atoms with Gasteiger partial charge in [0, 0.05) is 42.7 Å². The summed E-state index contributed by atoms with van der Waals surface area (Å²) in [5, 5.41) is 18.9. The Balaban J connectivity index is 1.50. The first-order chi connectivity index (χ1) is 17.5. The number of anilines is 2. The second-order valence-corrected chi connectivity index (χ2v) is 10.4. The van der Waals surface area contributed by atoms with Crippen molar-refractivity contribution in [3.05, 3.63) is 82.0 Å². The van der Waals surface area contributed by atoms with E-state index in [4.69, 9.17) is 10.5 Å². The number of carbonyl (C=O) groups excluding carboxylic acids is 2. The van der Waals surface area contributed by atoms with Crippen LogP contribution >= 0.6 is 0 Å². The van der Waals surface area contributed by atoms with Crippen molar-refractivity contribution in [1.82, 2.24) is 15.3 Å². The Kier molecular flexibility index (Phi) is 4.77. The fraction of sp³-hybridized carbons (Fsp3) is 0.321. The van der Waals surface area contributed by atoms with Crippen LogP contribution in [0.2, 0.25) is 0 Å². The van der Waals surface area contributed by atoms with Crippen molar-refractivity contribution in [3.63, 3.8) is 0 Å². The van der Waals surface area contributed by atoms with Crippen LogP contribution in [0.4, 0.5) is 11.5 Å². The van der Waals surface area contributed by atoms with Gasteiger partial charge in [0.2, 0.25) is 11.3 Å². The Labute approximate surface area is 214 Å². The lowest BCUT2D eigenvalue weighted by atomic mass is 9.82. The third kappa shape index (κ3) is 2.83. The Hall–Kier alpha value is -3.95. The van der Waals surface area contributed by atoms with E-state index in [1.165, 1.54) is 6.20 Å². The number of aromatic nitrogens is 1. The molecule has 0 radical (unpaired) electrons. The monoisotopic (exact) mass is 499 g/mol. The number of hydrogen-bond donors (Lipinski definition) is 3. The van der Waals surface area contributed by atoms with Gasteiger partial charge in [-0.25, -0.2) is 9.99 Å². The molecule has 0 bridgehead atoms. The number of nitrogen functional groups attached to an aromatic ring is 1. The van der Waals surface area contributed by atoms with E-state index in [-0.39, 0.29) is 34.3 Å². The van der Waals surface area contributed by atoms with Crippen molar-refractivity contribution in [3.8, 4) is 5.75 Å². The largest absolute Gasteiger partial charge is 0.454 e. The molecule has 3 aromatic rings. The summed E-state index contributed by atoms with van der Waals surface area (Å²) >= 11 is 0. The van der Waals surface area contributed by atoms with E-state index in [0.717, 1.165) is 16.9 Å². The summed E-state index contributed by atoms with van der Waals surface area (Å²) in [5.41, 5.74) is 7.39. The van der Waals surface area contributed by atoms with E-state index in [9.17, 15) is 14.7 Å². The molecule has 6 rings (SSSR count). The maximum absolute atomic E-state index is 14.1. The molecule has 3 heterocycles. The van der Waals surface area contributed by atoms with E-state index in [1.54, 1.807) is 30.3 Å². The molecule has 2 aromatic carbocycles. The van der Waals surface area contributed by atoms with E-state index < -0.39 is 23.0 Å². The lowest BCUT2D eigenvalue weighted by Gasteiger charge is -2.34. The molecule has 0 spiro atoms. The van der Waals surface area contributed by atoms with Crippen molar-refractivity contribution < 1.29 is 19.4 Å². The first-order valence-corrected chi connectivity index (χ1v) is 12.3. The molecule has 9 nitrogen and oxygen atoms in total. The second kappa shape index (κ2) is 7.53. The highest BCUT2D eigenvalue weighted by Crippen LogP contribution is 2.59. The molecule has 3 atom stereocenters. The molecule has 1 aromatic heterocycles. The minimum atomic E-state index is -2.17. The molecule has 1 amide bonds. The van der Waals surface area contributed by atoms with Gasteiger partial charge in [-0.15, -0.1) is 0 Å². The molecule has 4 N–H and O–H groups in total. The number of hydrogen-bond acceptors (Lipinski definition) is 8. The zero-order valence-electron chi connectivity index (χ0n) is 21.4. The minimum Gasteiger partial charge on any atom is -0.454 e. The summed E-state index contributed by atoms with van der Waals surface area (Å²) < 4.78 is 6.16. The number of nitrogens with zero attached hydrogens (tertiary/aromatic N) is 3. The lowest BCUT2D eigenvalue weighted by molar-refractivity contribution is -0.169. The van der Waals surface area contributed by atoms with Gasteiger partial charge in [0.05, 0.1) is 17.2 Å². The number of amides is 1. The highest BCUT2D eigenvalue weighted by molar-refractivity contribution is 6.16. The Morgan fingerprint density at radius 2 is 1.95 bits per heavy atom. The van der Waals surface area contributed by atoms with Gasteiger partial charge < -0.3 is 20.9 Å². The number of fused-ring (bicyclic) bond motifs is 6. The smallest absolute Gasteiger partial charge is 0.271 e. The van der Waals surface area contributed by atoms with Crippen molar-refractivity contribution in [2.24, 2.45) is 0 Å². The predicted octanol–water partition coefficient (Wildman–Crippen LogP) is 3.20. The van der Waals surface area contributed by atoms with Crippen molar-refractivity contribution in [2.45, 2.75) is 44.1 Å². The molecule has 37 heavy (non-hydrogen) atoms. The van der Waals surface area contributed by atoms with Crippen LogP contribution in [-0.4, -0.2) is 40.9 Å². The highest BCUT2D eigenvalue weighted by Gasteiger charge is 2.72. The molecular formula is C28H29N5O4. The molecule has 190 valence electrons. The maximum Gasteiger partial charge on any atom is 0.271 e. The number of nitrogens with one attached hydrogen (secondary N) is 1. The average Bonchev–Trinajstić information content (AvgIpc) is 3.33.